The molecule has 1 atom stereocenters. The molecule has 1 heterocycles. The molecule has 1 amide bonds. The fourth-order valence-electron chi connectivity index (χ4n) is 1.70. The van der Waals surface area contributed by atoms with E-state index in [1.165, 1.54) is 4.90 Å². The standard InChI is InChI=1S/C9H16N2O4/c1-2-15-7(12)5-9(10)3-4-11(6-9)8(13)14/h2-6,10H2,1H3,(H,13,14). The zero-order chi connectivity index (χ0) is 11.5. The molecule has 1 fully saturated rings. The molecule has 3 N–H and O–H groups in total. The smallest absolute Gasteiger partial charge is 0.407 e. The second-order valence-corrected chi connectivity index (χ2v) is 3.80. The van der Waals surface area contributed by atoms with E-state index in [-0.39, 0.29) is 18.9 Å². The number of nitrogens with zero attached hydrogens (tertiary/aromatic N) is 1. The van der Waals surface area contributed by atoms with E-state index in [9.17, 15) is 9.59 Å². The zero-order valence-corrected chi connectivity index (χ0v) is 8.73. The number of rotatable bonds is 3. The van der Waals surface area contributed by atoms with E-state index in [0.29, 0.717) is 19.6 Å². The van der Waals surface area contributed by atoms with Gasteiger partial charge in [0.15, 0.2) is 0 Å². The maximum Gasteiger partial charge on any atom is 0.407 e. The quantitative estimate of drug-likeness (QED) is 0.649. The van der Waals surface area contributed by atoms with E-state index in [4.69, 9.17) is 15.6 Å². The molecule has 0 aliphatic carbocycles. The minimum atomic E-state index is -0.994. The van der Waals surface area contributed by atoms with Crippen molar-refractivity contribution < 1.29 is 19.4 Å². The fraction of sp³-hybridized carbons (Fsp3) is 0.778. The van der Waals surface area contributed by atoms with Crippen molar-refractivity contribution in [3.63, 3.8) is 0 Å². The van der Waals surface area contributed by atoms with Crippen LogP contribution >= 0.6 is 0 Å². The number of carbonyl (C=O) groups is 2. The average molecular weight is 216 g/mol. The van der Waals surface area contributed by atoms with Crippen LogP contribution in [0, 0.1) is 0 Å². The number of carbonyl (C=O) groups excluding carboxylic acids is 1. The Balaban J connectivity index is 2.48. The second kappa shape index (κ2) is 4.48. The number of ether oxygens (including phenoxy) is 1. The molecule has 1 unspecified atom stereocenters. The van der Waals surface area contributed by atoms with E-state index < -0.39 is 11.6 Å². The maximum absolute atomic E-state index is 11.2. The molecular formula is C9H16N2O4. The predicted octanol–water partition coefficient (Wildman–Crippen LogP) is 0.0208. The van der Waals surface area contributed by atoms with Crippen molar-refractivity contribution in [2.75, 3.05) is 19.7 Å². The molecule has 0 radical (unpaired) electrons. The summed E-state index contributed by atoms with van der Waals surface area (Å²) >= 11 is 0. The Bertz CT molecular complexity index is 269. The Kier molecular flexibility index (Phi) is 3.52. The molecule has 0 aromatic rings. The van der Waals surface area contributed by atoms with Gasteiger partial charge in [-0.15, -0.1) is 0 Å². The summed E-state index contributed by atoms with van der Waals surface area (Å²) in [6.45, 7) is 2.61. The lowest BCUT2D eigenvalue weighted by Crippen LogP contribution is -2.45. The highest BCUT2D eigenvalue weighted by molar-refractivity contribution is 5.72. The van der Waals surface area contributed by atoms with Crippen LogP contribution in [0.2, 0.25) is 0 Å². The summed E-state index contributed by atoms with van der Waals surface area (Å²) in [4.78, 5) is 23.1. The summed E-state index contributed by atoms with van der Waals surface area (Å²) in [7, 11) is 0. The highest BCUT2D eigenvalue weighted by Gasteiger charge is 2.38. The van der Waals surface area contributed by atoms with Gasteiger partial charge in [-0.3, -0.25) is 4.79 Å². The predicted molar refractivity (Wildman–Crippen MR) is 52.4 cm³/mol. The monoisotopic (exact) mass is 216 g/mol. The zero-order valence-electron chi connectivity index (χ0n) is 8.73. The molecule has 0 saturated carbocycles. The normalized spacial score (nSPS) is 25.3. The maximum atomic E-state index is 11.2. The lowest BCUT2D eigenvalue weighted by Gasteiger charge is -2.22. The highest BCUT2D eigenvalue weighted by Crippen LogP contribution is 2.22. The molecule has 15 heavy (non-hydrogen) atoms. The summed E-state index contributed by atoms with van der Waals surface area (Å²) in [5, 5.41) is 8.74. The summed E-state index contributed by atoms with van der Waals surface area (Å²) < 4.78 is 4.78. The van der Waals surface area contributed by atoms with Gasteiger partial charge in [0.2, 0.25) is 0 Å². The summed E-state index contributed by atoms with van der Waals surface area (Å²) in [5.74, 6) is -0.368. The van der Waals surface area contributed by atoms with Crippen LogP contribution in [0.1, 0.15) is 19.8 Å². The number of amides is 1. The molecule has 0 aromatic carbocycles. The molecule has 0 spiro atoms. The summed E-state index contributed by atoms with van der Waals surface area (Å²) in [5.41, 5.74) is 5.15. The molecule has 6 heteroatoms. The van der Waals surface area contributed by atoms with Crippen molar-refractivity contribution in [1.82, 2.24) is 4.90 Å². The Hall–Kier alpha value is -1.30. The molecule has 0 bridgehead atoms. The first-order chi connectivity index (χ1) is 6.97. The first-order valence-electron chi connectivity index (χ1n) is 4.89. The van der Waals surface area contributed by atoms with E-state index in [2.05, 4.69) is 0 Å². The van der Waals surface area contributed by atoms with Gasteiger partial charge in [-0.25, -0.2) is 4.79 Å². The molecule has 1 rings (SSSR count). The van der Waals surface area contributed by atoms with Crippen molar-refractivity contribution in [3.8, 4) is 0 Å². The topological polar surface area (TPSA) is 92.9 Å². The van der Waals surface area contributed by atoms with Crippen LogP contribution in [0.5, 0.6) is 0 Å². The number of likely N-dealkylation sites (tertiary alicyclic amines) is 1. The van der Waals surface area contributed by atoms with E-state index >= 15 is 0 Å². The number of hydrogen-bond acceptors (Lipinski definition) is 4. The molecule has 1 saturated heterocycles. The van der Waals surface area contributed by atoms with Gasteiger partial charge in [-0.2, -0.15) is 0 Å². The van der Waals surface area contributed by atoms with E-state index in [1.807, 2.05) is 0 Å². The summed E-state index contributed by atoms with van der Waals surface area (Å²) in [6.07, 6.45) is -0.422. The minimum Gasteiger partial charge on any atom is -0.466 e. The Morgan fingerprint density at radius 1 is 1.60 bits per heavy atom. The Morgan fingerprint density at radius 3 is 2.73 bits per heavy atom. The lowest BCUT2D eigenvalue weighted by atomic mass is 9.96. The molecular weight excluding hydrogens is 200 g/mol. The van der Waals surface area contributed by atoms with E-state index in [1.54, 1.807) is 6.92 Å². The average Bonchev–Trinajstić information content (AvgIpc) is 2.48. The SMILES string of the molecule is CCOC(=O)CC1(N)CCN(C(=O)O)C1. The molecule has 1 aliphatic rings. The number of esters is 1. The van der Waals surface area contributed by atoms with Crippen LogP contribution < -0.4 is 5.73 Å². The molecule has 86 valence electrons. The number of nitrogens with two attached hydrogens (primary N) is 1. The molecule has 1 aliphatic heterocycles. The van der Waals surface area contributed by atoms with Crippen molar-refractivity contribution in [1.29, 1.82) is 0 Å². The van der Waals surface area contributed by atoms with Crippen molar-refractivity contribution in [2.45, 2.75) is 25.3 Å². The van der Waals surface area contributed by atoms with Gasteiger partial charge in [0.05, 0.1) is 13.0 Å². The number of hydrogen-bond donors (Lipinski definition) is 2. The van der Waals surface area contributed by atoms with Crippen molar-refractivity contribution in [2.24, 2.45) is 5.73 Å². The fourth-order valence-corrected chi connectivity index (χ4v) is 1.70. The van der Waals surface area contributed by atoms with Crippen LogP contribution in [-0.2, 0) is 9.53 Å². The van der Waals surface area contributed by atoms with Gasteiger partial charge in [0.25, 0.3) is 0 Å². The van der Waals surface area contributed by atoms with Crippen LogP contribution in [0.3, 0.4) is 0 Å². The van der Waals surface area contributed by atoms with Gasteiger partial charge in [0, 0.05) is 18.6 Å². The first kappa shape index (κ1) is 11.8. The van der Waals surface area contributed by atoms with Crippen LogP contribution in [0.15, 0.2) is 0 Å². The van der Waals surface area contributed by atoms with Gasteiger partial charge >= 0.3 is 12.1 Å². The van der Waals surface area contributed by atoms with Crippen molar-refractivity contribution >= 4 is 12.1 Å². The van der Waals surface area contributed by atoms with Gasteiger partial charge in [-0.1, -0.05) is 0 Å². The molecule has 0 aromatic heterocycles. The van der Waals surface area contributed by atoms with Crippen LogP contribution in [0.25, 0.3) is 0 Å². The van der Waals surface area contributed by atoms with Gasteiger partial charge in [0.1, 0.15) is 0 Å². The van der Waals surface area contributed by atoms with Gasteiger partial charge in [-0.05, 0) is 13.3 Å². The highest BCUT2D eigenvalue weighted by atomic mass is 16.5. The van der Waals surface area contributed by atoms with Crippen LogP contribution in [0.4, 0.5) is 4.79 Å². The third-order valence-corrected chi connectivity index (χ3v) is 2.46. The lowest BCUT2D eigenvalue weighted by molar-refractivity contribution is -0.144. The van der Waals surface area contributed by atoms with Gasteiger partial charge < -0.3 is 20.5 Å². The van der Waals surface area contributed by atoms with E-state index in [0.717, 1.165) is 0 Å². The third kappa shape index (κ3) is 3.09. The second-order valence-electron chi connectivity index (χ2n) is 3.80. The molecule has 6 nitrogen and oxygen atoms in total. The number of carboxylic acid groups (broad SMARTS) is 1. The largest absolute Gasteiger partial charge is 0.466 e. The first-order valence-corrected chi connectivity index (χ1v) is 4.89. The van der Waals surface area contributed by atoms with Crippen LogP contribution in [-0.4, -0.2) is 47.3 Å². The van der Waals surface area contributed by atoms with Crippen molar-refractivity contribution in [3.05, 3.63) is 0 Å². The Labute approximate surface area is 88.0 Å². The summed E-state index contributed by atoms with van der Waals surface area (Å²) in [6, 6.07) is 0. The third-order valence-electron chi connectivity index (χ3n) is 2.46. The Morgan fingerprint density at radius 2 is 2.27 bits per heavy atom. The minimum absolute atomic E-state index is 0.0740.